The lowest BCUT2D eigenvalue weighted by atomic mass is 9.96. The topological polar surface area (TPSA) is 83.7 Å². The van der Waals surface area contributed by atoms with E-state index in [9.17, 15) is 20.0 Å². The van der Waals surface area contributed by atoms with Crippen LogP contribution in [0.4, 0.5) is 5.69 Å². The molecule has 0 fully saturated rings. The number of carbonyl (C=O) groups excluding carboxylic acids is 1. The quantitative estimate of drug-likeness (QED) is 0.688. The molecule has 112 valence electrons. The summed E-state index contributed by atoms with van der Waals surface area (Å²) < 4.78 is 0. The SMILES string of the molecule is O=C1N(Cc2ccccc2)c2ccccc2C1(O)C[N+](=O)[O-]. The summed E-state index contributed by atoms with van der Waals surface area (Å²) >= 11 is 0. The number of rotatable bonds is 4. The standard InChI is InChI=1S/C16H14N2O4/c19-15-16(20,11-18(21)22)13-8-4-5-9-14(13)17(15)10-12-6-2-1-3-7-12/h1-9,20H,10-11H2. The number of para-hydroxylation sites is 1. The zero-order chi connectivity index (χ0) is 15.7. The van der Waals surface area contributed by atoms with E-state index in [1.54, 1.807) is 24.3 Å². The van der Waals surface area contributed by atoms with Gasteiger partial charge in [0.2, 0.25) is 12.1 Å². The van der Waals surface area contributed by atoms with Crippen LogP contribution in [0.15, 0.2) is 54.6 Å². The number of amides is 1. The summed E-state index contributed by atoms with van der Waals surface area (Å²) in [6, 6.07) is 15.9. The van der Waals surface area contributed by atoms with Crippen molar-refractivity contribution < 1.29 is 14.8 Å². The lowest BCUT2D eigenvalue weighted by Crippen LogP contribution is -2.44. The normalized spacial score (nSPS) is 20.0. The highest BCUT2D eigenvalue weighted by Crippen LogP contribution is 2.41. The van der Waals surface area contributed by atoms with Crippen molar-refractivity contribution in [2.45, 2.75) is 12.1 Å². The maximum Gasteiger partial charge on any atom is 0.271 e. The second kappa shape index (κ2) is 5.23. The van der Waals surface area contributed by atoms with E-state index in [1.165, 1.54) is 4.90 Å². The third kappa shape index (κ3) is 2.23. The van der Waals surface area contributed by atoms with Crippen LogP contribution in [0.25, 0.3) is 0 Å². The molecule has 3 rings (SSSR count). The van der Waals surface area contributed by atoms with Crippen LogP contribution in [0.3, 0.4) is 0 Å². The van der Waals surface area contributed by atoms with Crippen LogP contribution in [0.1, 0.15) is 11.1 Å². The maximum atomic E-state index is 12.6. The van der Waals surface area contributed by atoms with Gasteiger partial charge < -0.3 is 10.0 Å². The fourth-order valence-corrected chi connectivity index (χ4v) is 2.77. The molecule has 1 atom stereocenters. The van der Waals surface area contributed by atoms with Gasteiger partial charge >= 0.3 is 0 Å². The predicted molar refractivity (Wildman–Crippen MR) is 79.8 cm³/mol. The van der Waals surface area contributed by atoms with Crippen LogP contribution in [-0.2, 0) is 16.9 Å². The molecule has 0 saturated heterocycles. The molecule has 1 unspecified atom stereocenters. The summed E-state index contributed by atoms with van der Waals surface area (Å²) in [4.78, 5) is 24.2. The van der Waals surface area contributed by atoms with Crippen LogP contribution >= 0.6 is 0 Å². The number of hydrogen-bond acceptors (Lipinski definition) is 4. The first-order valence-corrected chi connectivity index (χ1v) is 6.82. The van der Waals surface area contributed by atoms with Crippen LogP contribution in [0, 0.1) is 10.1 Å². The second-order valence-corrected chi connectivity index (χ2v) is 5.25. The zero-order valence-electron chi connectivity index (χ0n) is 11.7. The number of carbonyl (C=O) groups is 1. The van der Waals surface area contributed by atoms with Gasteiger partial charge in [-0.05, 0) is 11.6 Å². The van der Waals surface area contributed by atoms with Crippen LogP contribution in [0.5, 0.6) is 0 Å². The third-order valence-corrected chi connectivity index (χ3v) is 3.78. The Balaban J connectivity index is 2.02. The minimum Gasteiger partial charge on any atom is -0.370 e. The van der Waals surface area contributed by atoms with Crippen LogP contribution in [0.2, 0.25) is 0 Å². The highest BCUT2D eigenvalue weighted by molar-refractivity contribution is 6.06. The molecule has 0 aliphatic carbocycles. The number of hydrogen-bond donors (Lipinski definition) is 1. The number of fused-ring (bicyclic) bond motifs is 1. The predicted octanol–water partition coefficient (Wildman–Crippen LogP) is 1.70. The van der Waals surface area contributed by atoms with E-state index < -0.39 is 23.0 Å². The molecule has 6 nitrogen and oxygen atoms in total. The molecule has 1 N–H and O–H groups in total. The summed E-state index contributed by atoms with van der Waals surface area (Å²) in [7, 11) is 0. The largest absolute Gasteiger partial charge is 0.370 e. The van der Waals surface area contributed by atoms with E-state index in [0.717, 1.165) is 5.56 Å². The van der Waals surface area contributed by atoms with Gasteiger partial charge in [0.05, 0.1) is 12.2 Å². The number of aliphatic hydroxyl groups is 1. The molecule has 0 aromatic heterocycles. The maximum absolute atomic E-state index is 12.6. The highest BCUT2D eigenvalue weighted by Gasteiger charge is 2.53. The van der Waals surface area contributed by atoms with Crippen molar-refractivity contribution in [3.63, 3.8) is 0 Å². The van der Waals surface area contributed by atoms with Gasteiger partial charge in [-0.15, -0.1) is 0 Å². The molecule has 22 heavy (non-hydrogen) atoms. The van der Waals surface area contributed by atoms with Crippen LogP contribution in [-0.4, -0.2) is 22.5 Å². The highest BCUT2D eigenvalue weighted by atomic mass is 16.6. The molecular weight excluding hydrogens is 284 g/mol. The Bertz CT molecular complexity index is 732. The van der Waals surface area contributed by atoms with E-state index >= 15 is 0 Å². The van der Waals surface area contributed by atoms with Gasteiger partial charge in [0, 0.05) is 10.5 Å². The molecule has 1 amide bonds. The summed E-state index contributed by atoms with van der Waals surface area (Å²) in [6.07, 6.45) is 0. The first-order valence-electron chi connectivity index (χ1n) is 6.82. The molecule has 1 heterocycles. The molecule has 0 spiro atoms. The van der Waals surface area contributed by atoms with E-state index in [-0.39, 0.29) is 12.1 Å². The summed E-state index contributed by atoms with van der Waals surface area (Å²) in [6.45, 7) is -0.579. The van der Waals surface area contributed by atoms with Gasteiger partial charge in [0.25, 0.3) is 5.91 Å². The van der Waals surface area contributed by atoms with Crippen molar-refractivity contribution in [2.75, 3.05) is 11.4 Å². The Morgan fingerprint density at radius 3 is 2.41 bits per heavy atom. The minimum absolute atomic E-state index is 0.261. The molecule has 1 aliphatic heterocycles. The monoisotopic (exact) mass is 298 g/mol. The Kier molecular flexibility index (Phi) is 3.38. The van der Waals surface area contributed by atoms with E-state index in [4.69, 9.17) is 0 Å². The van der Waals surface area contributed by atoms with Gasteiger partial charge in [-0.3, -0.25) is 14.9 Å². The van der Waals surface area contributed by atoms with E-state index in [2.05, 4.69) is 0 Å². The average Bonchev–Trinajstić information content (AvgIpc) is 2.70. The van der Waals surface area contributed by atoms with Gasteiger partial charge in [-0.25, -0.2) is 0 Å². The molecule has 0 saturated carbocycles. The fraction of sp³-hybridized carbons (Fsp3) is 0.188. The minimum atomic E-state index is -2.10. The lowest BCUT2D eigenvalue weighted by Gasteiger charge is -2.20. The number of nitro groups is 1. The van der Waals surface area contributed by atoms with E-state index in [1.807, 2.05) is 30.3 Å². The summed E-state index contributed by atoms with van der Waals surface area (Å²) in [5.74, 6) is -0.658. The lowest BCUT2D eigenvalue weighted by molar-refractivity contribution is -0.498. The molecule has 2 aromatic rings. The van der Waals surface area contributed by atoms with Crippen molar-refractivity contribution in [1.82, 2.24) is 0 Å². The molecule has 0 bridgehead atoms. The average molecular weight is 298 g/mol. The van der Waals surface area contributed by atoms with Gasteiger partial charge in [0.1, 0.15) is 0 Å². The Morgan fingerprint density at radius 1 is 1.09 bits per heavy atom. The summed E-state index contributed by atoms with van der Waals surface area (Å²) in [5, 5.41) is 21.5. The number of nitrogens with zero attached hydrogens (tertiary/aromatic N) is 2. The smallest absolute Gasteiger partial charge is 0.271 e. The van der Waals surface area contributed by atoms with Crippen molar-refractivity contribution in [1.29, 1.82) is 0 Å². The van der Waals surface area contributed by atoms with Gasteiger partial charge in [-0.1, -0.05) is 48.5 Å². The van der Waals surface area contributed by atoms with Crippen molar-refractivity contribution in [3.05, 3.63) is 75.8 Å². The number of benzene rings is 2. The molecule has 6 heteroatoms. The van der Waals surface area contributed by atoms with Crippen molar-refractivity contribution >= 4 is 11.6 Å². The van der Waals surface area contributed by atoms with Gasteiger partial charge in [-0.2, -0.15) is 0 Å². The van der Waals surface area contributed by atoms with E-state index in [0.29, 0.717) is 5.69 Å². The summed E-state index contributed by atoms with van der Waals surface area (Å²) in [5.41, 5.74) is -0.418. The molecule has 2 aromatic carbocycles. The van der Waals surface area contributed by atoms with Gasteiger partial charge in [0.15, 0.2) is 0 Å². The van der Waals surface area contributed by atoms with Crippen molar-refractivity contribution in [3.8, 4) is 0 Å². The zero-order valence-corrected chi connectivity index (χ0v) is 11.7. The molecule has 1 aliphatic rings. The Morgan fingerprint density at radius 2 is 1.73 bits per heavy atom. The number of anilines is 1. The second-order valence-electron chi connectivity index (χ2n) is 5.25. The molecule has 0 radical (unpaired) electrons. The molecular formula is C16H14N2O4. The fourth-order valence-electron chi connectivity index (χ4n) is 2.77. The Labute approximate surface area is 126 Å². The first kappa shape index (κ1) is 14.2. The van der Waals surface area contributed by atoms with Crippen LogP contribution < -0.4 is 4.90 Å². The first-order chi connectivity index (χ1) is 10.5. The van der Waals surface area contributed by atoms with Crippen molar-refractivity contribution in [2.24, 2.45) is 0 Å². The third-order valence-electron chi connectivity index (χ3n) is 3.78. The Hall–Kier alpha value is -2.73.